The molecule has 2 aliphatic carbocycles. The van der Waals surface area contributed by atoms with Crippen LogP contribution in [0.5, 0.6) is 17.2 Å². The van der Waals surface area contributed by atoms with E-state index in [4.69, 9.17) is 9.47 Å². The second kappa shape index (κ2) is 18.3. The van der Waals surface area contributed by atoms with Crippen LogP contribution in [0.4, 0.5) is 0 Å². The number of fused-ring (bicyclic) bond motifs is 2. The summed E-state index contributed by atoms with van der Waals surface area (Å²) in [6.07, 6.45) is 21.4. The number of benzene rings is 6. The van der Waals surface area contributed by atoms with Gasteiger partial charge in [0.2, 0.25) is 0 Å². The van der Waals surface area contributed by atoms with Crippen LogP contribution in [0.25, 0.3) is 43.1 Å². The molecule has 0 aromatic heterocycles. The normalized spacial score (nSPS) is 17.4. The highest BCUT2D eigenvalue weighted by atomic mass is 16.5. The minimum Gasteiger partial charge on any atom is -0.493 e. The first-order chi connectivity index (χ1) is 32.1. The summed E-state index contributed by atoms with van der Waals surface area (Å²) in [5.41, 5.74) is 3.07. The van der Waals surface area contributed by atoms with Crippen molar-refractivity contribution in [2.75, 3.05) is 6.61 Å². The molecule has 2 saturated carbocycles. The first-order valence-electron chi connectivity index (χ1n) is 25.5. The SMILES string of the molecule is CCCCCCCCCCCCOc1cc2c3c(ccc4c5c(Oc6ccc(C(C)(C)C)cc6)cc6c7c(ccc(c1c34)c75)C(=O)N(C1CCCCC1)C6=O)C(=O)N(C1CCCCC1)C2=O. The van der Waals surface area contributed by atoms with E-state index in [9.17, 15) is 19.2 Å². The molecule has 6 aromatic carbocycles. The molecule has 8 nitrogen and oxygen atoms in total. The van der Waals surface area contributed by atoms with Gasteiger partial charge < -0.3 is 9.47 Å². The fourth-order valence-electron chi connectivity index (χ4n) is 11.9. The van der Waals surface area contributed by atoms with Crippen LogP contribution >= 0.6 is 0 Å². The van der Waals surface area contributed by atoms with Gasteiger partial charge in [0, 0.05) is 55.5 Å². The van der Waals surface area contributed by atoms with E-state index in [-0.39, 0.29) is 41.1 Å². The Balaban J connectivity index is 1.15. The van der Waals surface area contributed by atoms with Gasteiger partial charge in [0.25, 0.3) is 23.6 Å². The van der Waals surface area contributed by atoms with E-state index < -0.39 is 0 Å². The third-order valence-corrected chi connectivity index (χ3v) is 15.4. The predicted octanol–water partition coefficient (Wildman–Crippen LogP) is 15.0. The van der Waals surface area contributed by atoms with E-state index in [1.807, 2.05) is 48.5 Å². The minimum absolute atomic E-state index is 0.0565. The van der Waals surface area contributed by atoms with Gasteiger partial charge in [-0.3, -0.25) is 29.0 Å². The van der Waals surface area contributed by atoms with E-state index in [2.05, 4.69) is 39.8 Å². The van der Waals surface area contributed by atoms with Gasteiger partial charge in [0.1, 0.15) is 17.2 Å². The molecule has 4 aliphatic rings. The zero-order valence-electron chi connectivity index (χ0n) is 39.6. The molecule has 0 unspecified atom stereocenters. The summed E-state index contributed by atoms with van der Waals surface area (Å²) in [4.78, 5) is 62.3. The topological polar surface area (TPSA) is 93.2 Å². The third-order valence-electron chi connectivity index (χ3n) is 15.4. The maximum atomic E-state index is 14.9. The van der Waals surface area contributed by atoms with Crippen molar-refractivity contribution in [3.8, 4) is 17.2 Å². The van der Waals surface area contributed by atoms with E-state index in [1.165, 1.54) is 60.3 Å². The van der Waals surface area contributed by atoms with Gasteiger partial charge in [-0.2, -0.15) is 0 Å². The highest BCUT2D eigenvalue weighted by molar-refractivity contribution is 6.43. The highest BCUT2D eigenvalue weighted by Gasteiger charge is 2.42. The molecule has 0 bridgehead atoms. The van der Waals surface area contributed by atoms with E-state index in [0.29, 0.717) is 56.9 Å². The summed E-state index contributed by atoms with van der Waals surface area (Å²) >= 11 is 0. The summed E-state index contributed by atoms with van der Waals surface area (Å²) in [5, 5.41) is 5.89. The van der Waals surface area contributed by atoms with Crippen LogP contribution in [0.2, 0.25) is 0 Å². The lowest BCUT2D eigenvalue weighted by Crippen LogP contribution is -2.48. The van der Waals surface area contributed by atoms with Crippen LogP contribution in [0, 0.1) is 0 Å². The molecule has 2 fully saturated rings. The van der Waals surface area contributed by atoms with Gasteiger partial charge in [-0.25, -0.2) is 0 Å². The number of imide groups is 2. The quantitative estimate of drug-likeness (QED) is 0.0416. The Kier molecular flexibility index (Phi) is 12.3. The van der Waals surface area contributed by atoms with Gasteiger partial charge in [0.15, 0.2) is 0 Å². The molecule has 8 heteroatoms. The minimum atomic E-state index is -0.288. The lowest BCUT2D eigenvalue weighted by molar-refractivity contribution is 0.0487. The van der Waals surface area contributed by atoms with Crippen molar-refractivity contribution in [1.82, 2.24) is 9.80 Å². The number of hydrogen-bond acceptors (Lipinski definition) is 6. The maximum absolute atomic E-state index is 14.9. The lowest BCUT2D eigenvalue weighted by atomic mass is 9.80. The number of nitrogens with zero attached hydrogens (tertiary/aromatic N) is 2. The van der Waals surface area contributed by atoms with E-state index in [0.717, 1.165) is 116 Å². The summed E-state index contributed by atoms with van der Waals surface area (Å²) in [6.45, 7) is 9.27. The van der Waals surface area contributed by atoms with Crippen LogP contribution in [0.15, 0.2) is 60.7 Å². The van der Waals surface area contributed by atoms with Crippen molar-refractivity contribution >= 4 is 66.7 Å². The molecule has 0 atom stereocenters. The molecule has 0 spiro atoms. The number of hydrogen-bond donors (Lipinski definition) is 0. The largest absolute Gasteiger partial charge is 0.493 e. The zero-order valence-corrected chi connectivity index (χ0v) is 39.6. The summed E-state index contributed by atoms with van der Waals surface area (Å²) in [6, 6.07) is 19.3. The molecule has 344 valence electrons. The van der Waals surface area contributed by atoms with Crippen molar-refractivity contribution < 1.29 is 28.7 Å². The molecule has 10 rings (SSSR count). The molecular formula is C58H66N2O6. The predicted molar refractivity (Wildman–Crippen MR) is 265 cm³/mol. The Bertz CT molecular complexity index is 2840. The molecule has 66 heavy (non-hydrogen) atoms. The molecular weight excluding hydrogens is 821 g/mol. The van der Waals surface area contributed by atoms with Crippen molar-refractivity contribution in [2.24, 2.45) is 0 Å². The smallest absolute Gasteiger partial charge is 0.261 e. The monoisotopic (exact) mass is 886 g/mol. The molecule has 2 heterocycles. The van der Waals surface area contributed by atoms with Crippen LogP contribution in [0.1, 0.15) is 203 Å². The summed E-state index contributed by atoms with van der Waals surface area (Å²) < 4.78 is 13.8. The zero-order chi connectivity index (χ0) is 45.7. The maximum Gasteiger partial charge on any atom is 0.261 e. The Labute approximate surface area is 389 Å². The van der Waals surface area contributed by atoms with Crippen molar-refractivity contribution in [1.29, 1.82) is 0 Å². The lowest BCUT2D eigenvalue weighted by Gasteiger charge is -2.37. The van der Waals surface area contributed by atoms with Crippen molar-refractivity contribution in [2.45, 2.75) is 174 Å². The fourth-order valence-corrected chi connectivity index (χ4v) is 11.9. The van der Waals surface area contributed by atoms with Gasteiger partial charge in [-0.15, -0.1) is 0 Å². The first kappa shape index (κ1) is 44.3. The van der Waals surface area contributed by atoms with Crippen LogP contribution < -0.4 is 9.47 Å². The number of amides is 4. The second-order valence-electron chi connectivity index (χ2n) is 20.9. The van der Waals surface area contributed by atoms with E-state index in [1.54, 1.807) is 0 Å². The number of rotatable bonds is 16. The second-order valence-corrected chi connectivity index (χ2v) is 20.9. The third kappa shape index (κ3) is 7.80. The van der Waals surface area contributed by atoms with Crippen LogP contribution in [0.3, 0.4) is 0 Å². The highest BCUT2D eigenvalue weighted by Crippen LogP contribution is 2.53. The average Bonchev–Trinajstić information content (AvgIpc) is 3.32. The van der Waals surface area contributed by atoms with Gasteiger partial charge in [-0.1, -0.05) is 148 Å². The Morgan fingerprint density at radius 2 is 0.924 bits per heavy atom. The number of unbranched alkanes of at least 4 members (excludes halogenated alkanes) is 9. The molecule has 2 aliphatic heterocycles. The molecule has 4 amide bonds. The van der Waals surface area contributed by atoms with Gasteiger partial charge in [0.05, 0.1) is 17.7 Å². The van der Waals surface area contributed by atoms with Crippen LogP contribution in [-0.4, -0.2) is 52.1 Å². The standard InChI is InChI=1S/C58H66N2O6/c1-5-6-7-8-9-10-11-12-13-20-33-65-46-34-44-48-42(54(61)59(56(44)63)37-21-16-14-17-22-37)32-30-41-51-47(66-39-27-25-36(26-28-39)58(2,3)4)35-45-49-43(31-29-40(53(49)51)50(46)52(41)48)55(62)60(57(45)64)38-23-18-15-19-24-38/h25-32,34-35,37-38H,5-24,33H2,1-4H3. The van der Waals surface area contributed by atoms with E-state index >= 15 is 0 Å². The number of carbonyl (C=O) groups is 4. The van der Waals surface area contributed by atoms with Gasteiger partial charge in [-0.05, 0) is 90.3 Å². The van der Waals surface area contributed by atoms with Crippen LogP contribution in [-0.2, 0) is 5.41 Å². The van der Waals surface area contributed by atoms with Crippen molar-refractivity contribution in [3.05, 3.63) is 88.5 Å². The summed E-state index contributed by atoms with van der Waals surface area (Å²) in [7, 11) is 0. The molecule has 0 radical (unpaired) electrons. The Hall–Kier alpha value is -5.50. The van der Waals surface area contributed by atoms with Crippen molar-refractivity contribution in [3.63, 3.8) is 0 Å². The molecule has 0 saturated heterocycles. The molecule has 0 N–H and O–H groups in total. The number of carbonyl (C=O) groups excluding carboxylic acids is 4. The Morgan fingerprint density at radius 1 is 0.485 bits per heavy atom. The van der Waals surface area contributed by atoms with Gasteiger partial charge >= 0.3 is 0 Å². The Morgan fingerprint density at radius 3 is 1.41 bits per heavy atom. The fraction of sp³-hybridized carbons (Fsp3) is 0.483. The first-order valence-corrected chi connectivity index (χ1v) is 25.5. The summed E-state index contributed by atoms with van der Waals surface area (Å²) in [5.74, 6) is 0.636. The molecule has 6 aromatic rings. The number of ether oxygens (including phenoxy) is 2. The average molecular weight is 887 g/mol.